The summed E-state index contributed by atoms with van der Waals surface area (Å²) in [7, 11) is 0. The van der Waals surface area contributed by atoms with Crippen LogP contribution in [-0.4, -0.2) is 12.1 Å². The standard InChI is InChI=1S/C16H12N2OS/c19-16(15-6-3-9-20-15)18-17-11-12-7-8-13-4-1-2-5-14(13)10-12/h1-11H,(H,18,19)/b17-11-. The summed E-state index contributed by atoms with van der Waals surface area (Å²) >= 11 is 1.39. The number of nitrogens with zero attached hydrogens (tertiary/aromatic N) is 1. The van der Waals surface area contributed by atoms with Gasteiger partial charge in [0.05, 0.1) is 11.1 Å². The van der Waals surface area contributed by atoms with Crippen molar-refractivity contribution in [1.29, 1.82) is 0 Å². The van der Waals surface area contributed by atoms with Crippen LogP contribution in [0.3, 0.4) is 0 Å². The summed E-state index contributed by atoms with van der Waals surface area (Å²) in [6.45, 7) is 0. The first kappa shape index (κ1) is 12.6. The molecule has 1 heterocycles. The molecule has 0 fully saturated rings. The van der Waals surface area contributed by atoms with Crippen LogP contribution >= 0.6 is 11.3 Å². The molecular weight excluding hydrogens is 268 g/mol. The molecule has 3 rings (SSSR count). The quantitative estimate of drug-likeness (QED) is 0.577. The highest BCUT2D eigenvalue weighted by Gasteiger charge is 2.03. The predicted molar refractivity (Wildman–Crippen MR) is 83.3 cm³/mol. The second kappa shape index (κ2) is 5.67. The minimum atomic E-state index is -0.183. The molecule has 1 amide bonds. The lowest BCUT2D eigenvalue weighted by Gasteiger charge is -1.99. The molecule has 0 aliphatic heterocycles. The number of benzene rings is 2. The van der Waals surface area contributed by atoms with E-state index >= 15 is 0 Å². The maximum Gasteiger partial charge on any atom is 0.281 e. The number of nitrogens with one attached hydrogen (secondary N) is 1. The fourth-order valence-electron chi connectivity index (χ4n) is 1.92. The summed E-state index contributed by atoms with van der Waals surface area (Å²) in [5, 5.41) is 8.19. The molecule has 0 spiro atoms. The van der Waals surface area contributed by atoms with E-state index in [2.05, 4.69) is 22.7 Å². The summed E-state index contributed by atoms with van der Waals surface area (Å²) in [4.78, 5) is 12.3. The van der Waals surface area contributed by atoms with Crippen LogP contribution in [0.4, 0.5) is 0 Å². The van der Waals surface area contributed by atoms with Crippen molar-refractivity contribution < 1.29 is 4.79 Å². The summed E-state index contributed by atoms with van der Waals surface area (Å²) in [5.41, 5.74) is 3.48. The zero-order valence-corrected chi connectivity index (χ0v) is 11.4. The summed E-state index contributed by atoms with van der Waals surface area (Å²) in [6.07, 6.45) is 1.65. The van der Waals surface area contributed by atoms with E-state index in [1.165, 1.54) is 16.7 Å². The molecular formula is C16H12N2OS. The summed E-state index contributed by atoms with van der Waals surface area (Å²) < 4.78 is 0. The minimum absolute atomic E-state index is 0.183. The van der Waals surface area contributed by atoms with Gasteiger partial charge in [0.25, 0.3) is 5.91 Å². The van der Waals surface area contributed by atoms with Crippen molar-refractivity contribution in [3.63, 3.8) is 0 Å². The van der Waals surface area contributed by atoms with Crippen molar-refractivity contribution in [1.82, 2.24) is 5.43 Å². The lowest BCUT2D eigenvalue weighted by molar-refractivity contribution is 0.0959. The molecule has 0 aliphatic carbocycles. The molecule has 0 atom stereocenters. The fourth-order valence-corrected chi connectivity index (χ4v) is 2.53. The first-order chi connectivity index (χ1) is 9.83. The van der Waals surface area contributed by atoms with Gasteiger partial charge in [0.1, 0.15) is 0 Å². The van der Waals surface area contributed by atoms with Crippen LogP contribution < -0.4 is 5.43 Å². The molecule has 0 saturated carbocycles. The molecule has 3 aromatic rings. The maximum absolute atomic E-state index is 11.7. The topological polar surface area (TPSA) is 41.5 Å². The average molecular weight is 280 g/mol. The SMILES string of the molecule is O=C(N/N=C\c1ccc2ccccc2c1)c1cccs1. The van der Waals surface area contributed by atoms with Crippen molar-refractivity contribution in [2.75, 3.05) is 0 Å². The zero-order chi connectivity index (χ0) is 13.8. The van der Waals surface area contributed by atoms with Crippen molar-refractivity contribution in [3.05, 3.63) is 70.4 Å². The number of hydrogen-bond acceptors (Lipinski definition) is 3. The molecule has 0 radical (unpaired) electrons. The van der Waals surface area contributed by atoms with Gasteiger partial charge in [-0.25, -0.2) is 5.43 Å². The molecule has 98 valence electrons. The molecule has 20 heavy (non-hydrogen) atoms. The highest BCUT2D eigenvalue weighted by molar-refractivity contribution is 7.12. The van der Waals surface area contributed by atoms with Gasteiger partial charge in [-0.15, -0.1) is 11.3 Å². The van der Waals surface area contributed by atoms with Gasteiger partial charge < -0.3 is 0 Å². The van der Waals surface area contributed by atoms with Gasteiger partial charge in [-0.2, -0.15) is 5.10 Å². The Morgan fingerprint density at radius 1 is 1.05 bits per heavy atom. The lowest BCUT2D eigenvalue weighted by atomic mass is 10.1. The number of carbonyl (C=O) groups is 1. The highest BCUT2D eigenvalue weighted by Crippen LogP contribution is 2.14. The van der Waals surface area contributed by atoms with Gasteiger partial charge >= 0.3 is 0 Å². The van der Waals surface area contributed by atoms with Crippen LogP contribution in [0.15, 0.2) is 65.1 Å². The van der Waals surface area contributed by atoms with E-state index in [9.17, 15) is 4.79 Å². The van der Waals surface area contributed by atoms with E-state index in [0.717, 1.165) is 10.9 Å². The third-order valence-corrected chi connectivity index (χ3v) is 3.77. The molecule has 1 aromatic heterocycles. The van der Waals surface area contributed by atoms with E-state index in [4.69, 9.17) is 0 Å². The first-order valence-corrected chi connectivity index (χ1v) is 7.06. The maximum atomic E-state index is 11.7. The highest BCUT2D eigenvalue weighted by atomic mass is 32.1. The Morgan fingerprint density at radius 3 is 2.70 bits per heavy atom. The number of hydrogen-bond donors (Lipinski definition) is 1. The first-order valence-electron chi connectivity index (χ1n) is 6.19. The van der Waals surface area contributed by atoms with Gasteiger partial charge in [-0.05, 0) is 33.8 Å². The van der Waals surface area contributed by atoms with Gasteiger partial charge in [0.15, 0.2) is 0 Å². The zero-order valence-electron chi connectivity index (χ0n) is 10.6. The molecule has 3 nitrogen and oxygen atoms in total. The third-order valence-electron chi connectivity index (χ3n) is 2.90. The Labute approximate surface area is 120 Å². The van der Waals surface area contributed by atoms with Gasteiger partial charge in [0, 0.05) is 0 Å². The smallest absolute Gasteiger partial charge is 0.266 e. The number of carbonyl (C=O) groups excluding carboxylic acids is 1. The van der Waals surface area contributed by atoms with E-state index < -0.39 is 0 Å². The minimum Gasteiger partial charge on any atom is -0.266 e. The molecule has 4 heteroatoms. The number of amides is 1. The van der Waals surface area contributed by atoms with Crippen molar-refractivity contribution in [2.45, 2.75) is 0 Å². The van der Waals surface area contributed by atoms with Crippen molar-refractivity contribution in [2.24, 2.45) is 5.10 Å². The Balaban J connectivity index is 1.72. The van der Waals surface area contributed by atoms with Crippen LogP contribution in [0, 0.1) is 0 Å². The van der Waals surface area contributed by atoms with Gasteiger partial charge in [0.2, 0.25) is 0 Å². The molecule has 0 saturated heterocycles. The number of hydrazone groups is 1. The van der Waals surface area contributed by atoms with Crippen LogP contribution in [0.25, 0.3) is 10.8 Å². The summed E-state index contributed by atoms with van der Waals surface area (Å²) in [5.74, 6) is -0.183. The average Bonchev–Trinajstić information content (AvgIpc) is 3.01. The Morgan fingerprint density at radius 2 is 1.90 bits per heavy atom. The van der Waals surface area contributed by atoms with Crippen molar-refractivity contribution in [3.8, 4) is 0 Å². The normalized spacial score (nSPS) is 11.0. The van der Waals surface area contributed by atoms with E-state index in [0.29, 0.717) is 4.88 Å². The van der Waals surface area contributed by atoms with E-state index in [-0.39, 0.29) is 5.91 Å². The van der Waals surface area contributed by atoms with Crippen LogP contribution in [-0.2, 0) is 0 Å². The monoisotopic (exact) mass is 280 g/mol. The Hall–Kier alpha value is -2.46. The lowest BCUT2D eigenvalue weighted by Crippen LogP contribution is -2.16. The largest absolute Gasteiger partial charge is 0.281 e. The molecule has 2 aromatic carbocycles. The van der Waals surface area contributed by atoms with Crippen molar-refractivity contribution >= 4 is 34.2 Å². The predicted octanol–water partition coefficient (Wildman–Crippen LogP) is 3.67. The van der Waals surface area contributed by atoms with E-state index in [1.807, 2.05) is 41.8 Å². The van der Waals surface area contributed by atoms with Crippen LogP contribution in [0.5, 0.6) is 0 Å². The van der Waals surface area contributed by atoms with E-state index in [1.54, 1.807) is 12.3 Å². The Kier molecular flexibility index (Phi) is 3.56. The third kappa shape index (κ3) is 2.75. The van der Waals surface area contributed by atoms with Gasteiger partial charge in [-0.1, -0.05) is 42.5 Å². The second-order valence-corrected chi connectivity index (χ2v) is 5.23. The molecule has 1 N–H and O–H groups in total. The summed E-state index contributed by atoms with van der Waals surface area (Å²) in [6, 6.07) is 17.8. The molecule has 0 unspecified atom stereocenters. The fraction of sp³-hybridized carbons (Fsp3) is 0. The van der Waals surface area contributed by atoms with Crippen LogP contribution in [0.2, 0.25) is 0 Å². The number of fused-ring (bicyclic) bond motifs is 1. The molecule has 0 bridgehead atoms. The Bertz CT molecular complexity index is 763. The molecule has 0 aliphatic rings. The number of rotatable bonds is 3. The number of thiophene rings is 1. The van der Waals surface area contributed by atoms with Crippen LogP contribution in [0.1, 0.15) is 15.2 Å². The van der Waals surface area contributed by atoms with Gasteiger partial charge in [-0.3, -0.25) is 4.79 Å². The second-order valence-electron chi connectivity index (χ2n) is 4.28.